The summed E-state index contributed by atoms with van der Waals surface area (Å²) in [6.07, 6.45) is 1.33. The second kappa shape index (κ2) is 4.56. The molecule has 0 saturated heterocycles. The highest BCUT2D eigenvalue weighted by Gasteiger charge is 1.58. The lowest BCUT2D eigenvalue weighted by molar-refractivity contribution is 0.881. The van der Waals surface area contributed by atoms with Gasteiger partial charge in [-0.1, -0.05) is 5.21 Å². The van der Waals surface area contributed by atoms with Gasteiger partial charge in [0.25, 0.3) is 0 Å². The number of nitriles is 1. The molecule has 0 aliphatic rings. The maximum atomic E-state index is 6.50. The molecule has 1 rings (SSSR count). The molecule has 0 saturated carbocycles. The van der Waals surface area contributed by atoms with E-state index in [1.54, 1.807) is 0 Å². The Kier molecular flexibility index (Phi) is 3.62. The van der Waals surface area contributed by atoms with E-state index in [9.17, 15) is 0 Å². The van der Waals surface area contributed by atoms with Gasteiger partial charge in [0.2, 0.25) is 0 Å². The number of hydrogen-bond acceptors (Lipinski definition) is 4. The largest absolute Gasteiger partial charge is 0.202 e. The van der Waals surface area contributed by atoms with E-state index in [1.807, 2.05) is 0 Å². The molecule has 36 valence electrons. The van der Waals surface area contributed by atoms with Gasteiger partial charge < -0.3 is 0 Å². The van der Waals surface area contributed by atoms with E-state index in [2.05, 4.69) is 27.2 Å². The molecule has 1 aromatic heterocycles. The highest BCUT2D eigenvalue weighted by Crippen LogP contribution is 1.43. The summed E-state index contributed by atoms with van der Waals surface area (Å²) in [5.41, 5.74) is 0. The minimum Gasteiger partial charge on any atom is -0.202 e. The molecule has 0 radical (unpaired) electrons. The predicted octanol–water partition coefficient (Wildman–Crippen LogP) is -0.661. The molecular weight excluding hydrogens is 94.1 g/mol. The molecule has 0 aliphatic carbocycles. The zero-order chi connectivity index (χ0) is 5.54. The van der Waals surface area contributed by atoms with Crippen molar-refractivity contribution in [3.8, 4) is 6.57 Å². The molecule has 0 fully saturated rings. The summed E-state index contributed by atoms with van der Waals surface area (Å²) >= 11 is 0. The van der Waals surface area contributed by atoms with Gasteiger partial charge in [0.1, 0.15) is 0 Å². The van der Waals surface area contributed by atoms with Crippen molar-refractivity contribution in [1.29, 1.82) is 5.26 Å². The van der Waals surface area contributed by atoms with Crippen LogP contribution >= 0.6 is 0 Å². The fraction of sp³-hybridized carbons (Fsp3) is 0. The van der Waals surface area contributed by atoms with E-state index in [1.165, 1.54) is 6.33 Å². The van der Waals surface area contributed by atoms with Gasteiger partial charge in [0, 0.05) is 6.57 Å². The van der Waals surface area contributed by atoms with E-state index in [0.717, 1.165) is 0 Å². The van der Waals surface area contributed by atoms with Crippen molar-refractivity contribution in [3.05, 3.63) is 6.33 Å². The Hall–Kier alpha value is -1.44. The number of aromatic amines is 1. The van der Waals surface area contributed by atoms with Gasteiger partial charge in [-0.25, -0.2) is 5.26 Å². The summed E-state index contributed by atoms with van der Waals surface area (Å²) in [5.74, 6) is 0. The van der Waals surface area contributed by atoms with Crippen molar-refractivity contribution < 1.29 is 0 Å². The average Bonchev–Trinajstić information content (AvgIpc) is 2.23. The molecule has 7 heavy (non-hydrogen) atoms. The van der Waals surface area contributed by atoms with E-state index < -0.39 is 0 Å². The first-order chi connectivity index (χ1) is 3.50. The van der Waals surface area contributed by atoms with Crippen molar-refractivity contribution in [2.45, 2.75) is 0 Å². The van der Waals surface area contributed by atoms with Gasteiger partial charge >= 0.3 is 0 Å². The summed E-state index contributed by atoms with van der Waals surface area (Å²) < 4.78 is 0. The van der Waals surface area contributed by atoms with Gasteiger partial charge in [-0.2, -0.15) is 5.21 Å². The summed E-state index contributed by atoms with van der Waals surface area (Å²) in [5, 5.41) is 18.7. The molecule has 5 heteroatoms. The normalized spacial score (nSPS) is 6.00. The van der Waals surface area contributed by atoms with Gasteiger partial charge in [-0.05, 0) is 0 Å². The summed E-state index contributed by atoms with van der Waals surface area (Å²) in [7, 11) is 0. The fourth-order valence-electron chi connectivity index (χ4n) is 0.129. The van der Waals surface area contributed by atoms with Crippen molar-refractivity contribution in [1.82, 2.24) is 20.6 Å². The molecule has 1 heterocycles. The van der Waals surface area contributed by atoms with Crippen LogP contribution in [-0.2, 0) is 0 Å². The standard InChI is InChI=1S/CH2N4.CHN/c1-2-4-5-3-1;1-2/h1H,(H,2,3,4,5);1H. The number of aromatic nitrogens is 4. The highest BCUT2D eigenvalue weighted by molar-refractivity contribution is 4.24. The number of tetrazole rings is 1. The van der Waals surface area contributed by atoms with Crippen LogP contribution in [0.1, 0.15) is 0 Å². The Balaban J connectivity index is 0.000000162. The smallest absolute Gasteiger partial charge is 0.161 e. The summed E-state index contributed by atoms with van der Waals surface area (Å²) in [4.78, 5) is 0. The minimum absolute atomic E-state index is 1.33. The molecule has 0 amide bonds. The lowest BCUT2D eigenvalue weighted by Crippen LogP contribution is -1.64. The summed E-state index contributed by atoms with van der Waals surface area (Å²) in [6, 6.07) is 0. The molecule has 0 aliphatic heterocycles. The molecule has 0 atom stereocenters. The van der Waals surface area contributed by atoms with Crippen LogP contribution in [0, 0.1) is 11.8 Å². The third-order valence-electron chi connectivity index (χ3n) is 0.270. The van der Waals surface area contributed by atoms with Crippen molar-refractivity contribution >= 4 is 0 Å². The molecular formula is C2H3N5. The molecule has 5 nitrogen and oxygen atoms in total. The molecule has 0 aromatic carbocycles. The van der Waals surface area contributed by atoms with Crippen LogP contribution in [-0.4, -0.2) is 20.6 Å². The Bertz CT molecular complexity index is 89.7. The molecule has 0 unspecified atom stereocenters. The Morgan fingerprint density at radius 2 is 2.29 bits per heavy atom. The van der Waals surface area contributed by atoms with E-state index in [4.69, 9.17) is 5.26 Å². The fourth-order valence-corrected chi connectivity index (χ4v) is 0.129. The van der Waals surface area contributed by atoms with Gasteiger partial charge in [0.05, 0.1) is 0 Å². The number of rotatable bonds is 0. The number of nitrogens with zero attached hydrogens (tertiary/aromatic N) is 4. The molecule has 1 aromatic rings. The third-order valence-corrected chi connectivity index (χ3v) is 0.270. The van der Waals surface area contributed by atoms with Crippen molar-refractivity contribution in [2.24, 2.45) is 0 Å². The zero-order valence-electron chi connectivity index (χ0n) is 3.44. The van der Waals surface area contributed by atoms with E-state index in [-0.39, 0.29) is 0 Å². The van der Waals surface area contributed by atoms with Crippen LogP contribution in [0.4, 0.5) is 0 Å². The Labute approximate surface area is 40.0 Å². The average molecular weight is 97.1 g/mol. The van der Waals surface area contributed by atoms with Gasteiger partial charge in [-0.15, -0.1) is 10.2 Å². The quantitative estimate of drug-likeness (QED) is 0.466. The van der Waals surface area contributed by atoms with Crippen LogP contribution in [0.3, 0.4) is 0 Å². The number of nitrogens with one attached hydrogen (secondary N) is 1. The van der Waals surface area contributed by atoms with Crippen LogP contribution in [0.2, 0.25) is 0 Å². The van der Waals surface area contributed by atoms with Crippen molar-refractivity contribution in [2.75, 3.05) is 0 Å². The highest BCUT2D eigenvalue weighted by atomic mass is 15.5. The van der Waals surface area contributed by atoms with Crippen LogP contribution < -0.4 is 0 Å². The first-order valence-electron chi connectivity index (χ1n) is 1.42. The molecule has 0 bridgehead atoms. The van der Waals surface area contributed by atoms with Crippen LogP contribution in [0.25, 0.3) is 0 Å². The molecule has 0 spiro atoms. The summed E-state index contributed by atoms with van der Waals surface area (Å²) in [6.45, 7) is 3.50. The minimum atomic E-state index is 1.33. The number of hydrogen-bond donors (Lipinski definition) is 1. The van der Waals surface area contributed by atoms with Crippen LogP contribution in [0.5, 0.6) is 0 Å². The Morgan fingerprint density at radius 3 is 2.43 bits per heavy atom. The first kappa shape index (κ1) is 5.56. The second-order valence-electron chi connectivity index (χ2n) is 0.560. The number of H-pyrrole nitrogens is 1. The van der Waals surface area contributed by atoms with Crippen LogP contribution in [0.15, 0.2) is 6.33 Å². The molecule has 1 N–H and O–H groups in total. The topological polar surface area (TPSA) is 78.2 Å². The van der Waals surface area contributed by atoms with E-state index in [0.29, 0.717) is 0 Å². The maximum Gasteiger partial charge on any atom is 0.161 e. The zero-order valence-corrected chi connectivity index (χ0v) is 3.44. The first-order valence-corrected chi connectivity index (χ1v) is 1.42. The van der Waals surface area contributed by atoms with Crippen molar-refractivity contribution in [3.63, 3.8) is 0 Å². The Morgan fingerprint density at radius 1 is 1.57 bits per heavy atom. The predicted molar refractivity (Wildman–Crippen MR) is 20.8 cm³/mol. The maximum absolute atomic E-state index is 6.50. The SMILES string of the molecule is C#N.c1nn[nH]n1. The second-order valence-corrected chi connectivity index (χ2v) is 0.560. The van der Waals surface area contributed by atoms with E-state index >= 15 is 0 Å². The lowest BCUT2D eigenvalue weighted by atomic mass is 11.4. The van der Waals surface area contributed by atoms with Gasteiger partial charge in [-0.3, -0.25) is 0 Å². The van der Waals surface area contributed by atoms with Gasteiger partial charge in [0.15, 0.2) is 6.33 Å². The third kappa shape index (κ3) is 2.36. The lowest BCUT2D eigenvalue weighted by Gasteiger charge is -1.44. The monoisotopic (exact) mass is 97.0 g/mol.